The second-order valence-corrected chi connectivity index (χ2v) is 7.28. The second kappa shape index (κ2) is 6.74. The topological polar surface area (TPSA) is 81.1 Å². The number of anilines is 1. The van der Waals surface area contributed by atoms with Crippen LogP contribution in [0.25, 0.3) is 0 Å². The monoisotopic (exact) mass is 321 g/mol. The zero-order chi connectivity index (χ0) is 16.2. The van der Waals surface area contributed by atoms with Crippen LogP contribution in [0.2, 0.25) is 0 Å². The van der Waals surface area contributed by atoms with E-state index in [2.05, 4.69) is 10.4 Å². The minimum atomic E-state index is -3.21. The van der Waals surface area contributed by atoms with Crippen LogP contribution in [-0.2, 0) is 21.2 Å². The summed E-state index contributed by atoms with van der Waals surface area (Å²) < 4.78 is 25.1. The zero-order valence-corrected chi connectivity index (χ0v) is 13.4. The molecule has 2 aromatic rings. The maximum absolute atomic E-state index is 11.9. The first kappa shape index (κ1) is 16.2. The van der Waals surface area contributed by atoms with Gasteiger partial charge in [0.2, 0.25) is 5.91 Å². The molecule has 6 nitrogen and oxygen atoms in total. The summed E-state index contributed by atoms with van der Waals surface area (Å²) >= 11 is 0. The molecular formula is C15H19N3O3S. The molecule has 0 saturated heterocycles. The van der Waals surface area contributed by atoms with E-state index in [1.165, 1.54) is 12.1 Å². The molecule has 0 aliphatic rings. The van der Waals surface area contributed by atoms with Crippen molar-refractivity contribution in [2.45, 2.75) is 31.7 Å². The molecule has 7 heteroatoms. The lowest BCUT2D eigenvalue weighted by Crippen LogP contribution is -2.14. The van der Waals surface area contributed by atoms with Crippen LogP contribution >= 0.6 is 0 Å². The summed E-state index contributed by atoms with van der Waals surface area (Å²) in [6.07, 6.45) is 3.92. The molecule has 22 heavy (non-hydrogen) atoms. The van der Waals surface area contributed by atoms with Gasteiger partial charge in [-0.05, 0) is 36.8 Å². The number of rotatable bonds is 6. The van der Waals surface area contributed by atoms with E-state index in [9.17, 15) is 13.2 Å². The summed E-state index contributed by atoms with van der Waals surface area (Å²) in [5.74, 6) is -0.0820. The van der Waals surface area contributed by atoms with Crippen LogP contribution in [-0.4, -0.2) is 29.9 Å². The predicted octanol–water partition coefficient (Wildman–Crippen LogP) is 2.01. The fourth-order valence-electron chi connectivity index (χ4n) is 1.94. The molecule has 118 valence electrons. The molecule has 1 heterocycles. The first-order chi connectivity index (χ1) is 10.4. The van der Waals surface area contributed by atoms with Crippen molar-refractivity contribution >= 4 is 21.4 Å². The van der Waals surface area contributed by atoms with Gasteiger partial charge in [-0.1, -0.05) is 6.92 Å². The van der Waals surface area contributed by atoms with Crippen molar-refractivity contribution in [1.82, 2.24) is 9.78 Å². The minimum absolute atomic E-state index is 0.0575. The molecule has 0 saturated carbocycles. The number of carbonyl (C=O) groups is 1. The molecule has 0 aliphatic heterocycles. The van der Waals surface area contributed by atoms with Gasteiger partial charge in [-0.2, -0.15) is 5.10 Å². The van der Waals surface area contributed by atoms with Gasteiger partial charge in [0.1, 0.15) is 0 Å². The number of amides is 1. The normalized spacial score (nSPS) is 11.4. The van der Waals surface area contributed by atoms with Crippen molar-refractivity contribution in [2.24, 2.45) is 0 Å². The average Bonchev–Trinajstić information content (AvgIpc) is 2.91. The maximum Gasteiger partial charge on any atom is 0.226 e. The molecule has 1 amide bonds. The Morgan fingerprint density at radius 3 is 2.50 bits per heavy atom. The molecule has 0 spiro atoms. The third-order valence-corrected chi connectivity index (χ3v) is 4.96. The van der Waals surface area contributed by atoms with Crippen molar-refractivity contribution in [3.05, 3.63) is 42.2 Å². The standard InChI is InChI=1S/C15H19N3O3S/c1-3-22(20,21)14-6-4-13(5-7-14)17-15(19)8-9-18-11-12(2)10-16-18/h4-7,10-11H,3,8-9H2,1-2H3,(H,17,19). The molecule has 1 N–H and O–H groups in total. The maximum atomic E-state index is 11.9. The van der Waals surface area contributed by atoms with Crippen molar-refractivity contribution in [3.63, 3.8) is 0 Å². The van der Waals surface area contributed by atoms with Gasteiger partial charge in [-0.15, -0.1) is 0 Å². The first-order valence-corrected chi connectivity index (χ1v) is 8.67. The van der Waals surface area contributed by atoms with Crippen LogP contribution < -0.4 is 5.32 Å². The molecule has 0 bridgehead atoms. The molecule has 0 aliphatic carbocycles. The van der Waals surface area contributed by atoms with Gasteiger partial charge in [0, 0.05) is 24.8 Å². The highest BCUT2D eigenvalue weighted by Crippen LogP contribution is 2.15. The highest BCUT2D eigenvalue weighted by atomic mass is 32.2. The van der Waals surface area contributed by atoms with Crippen LogP contribution in [0.15, 0.2) is 41.6 Å². The Morgan fingerprint density at radius 2 is 1.95 bits per heavy atom. The number of hydrogen-bond donors (Lipinski definition) is 1. The molecule has 2 rings (SSSR count). The molecule has 1 aromatic carbocycles. The highest BCUT2D eigenvalue weighted by molar-refractivity contribution is 7.91. The van der Waals surface area contributed by atoms with Crippen molar-refractivity contribution in [1.29, 1.82) is 0 Å². The number of carbonyl (C=O) groups excluding carboxylic acids is 1. The lowest BCUT2D eigenvalue weighted by atomic mass is 10.3. The van der Waals surface area contributed by atoms with Crippen molar-refractivity contribution in [2.75, 3.05) is 11.1 Å². The first-order valence-electron chi connectivity index (χ1n) is 7.02. The Hall–Kier alpha value is -2.15. The molecule has 0 fully saturated rings. The Morgan fingerprint density at radius 1 is 1.27 bits per heavy atom. The van der Waals surface area contributed by atoms with Crippen LogP contribution in [0.3, 0.4) is 0 Å². The van der Waals surface area contributed by atoms with Gasteiger partial charge in [-0.3, -0.25) is 9.48 Å². The van der Waals surface area contributed by atoms with Gasteiger partial charge in [-0.25, -0.2) is 8.42 Å². The SMILES string of the molecule is CCS(=O)(=O)c1ccc(NC(=O)CCn2cc(C)cn2)cc1. The largest absolute Gasteiger partial charge is 0.326 e. The molecular weight excluding hydrogens is 302 g/mol. The number of aryl methyl sites for hydroxylation is 2. The van der Waals surface area contributed by atoms with Crippen molar-refractivity contribution < 1.29 is 13.2 Å². The Bertz CT molecular complexity index is 749. The quantitative estimate of drug-likeness (QED) is 0.882. The van der Waals surface area contributed by atoms with Crippen LogP contribution in [0.4, 0.5) is 5.69 Å². The summed E-state index contributed by atoms with van der Waals surface area (Å²) in [6, 6.07) is 6.20. The van der Waals surface area contributed by atoms with E-state index in [1.807, 2.05) is 13.1 Å². The van der Waals surface area contributed by atoms with E-state index in [4.69, 9.17) is 0 Å². The van der Waals surface area contributed by atoms with E-state index in [0.717, 1.165) is 5.56 Å². The number of hydrogen-bond acceptors (Lipinski definition) is 4. The second-order valence-electron chi connectivity index (χ2n) is 5.01. The Balaban J connectivity index is 1.91. The third-order valence-electron chi connectivity index (χ3n) is 3.21. The third kappa shape index (κ3) is 4.17. The number of nitrogens with one attached hydrogen (secondary N) is 1. The molecule has 0 atom stereocenters. The summed E-state index contributed by atoms with van der Waals surface area (Å²) in [4.78, 5) is 12.1. The van der Waals surface area contributed by atoms with E-state index in [-0.39, 0.29) is 16.6 Å². The predicted molar refractivity (Wildman–Crippen MR) is 84.4 cm³/mol. The van der Waals surface area contributed by atoms with Crippen molar-refractivity contribution in [3.8, 4) is 0 Å². The van der Waals surface area contributed by atoms with Gasteiger partial charge in [0.15, 0.2) is 9.84 Å². The van der Waals surface area contributed by atoms with Crippen LogP contribution in [0.1, 0.15) is 18.9 Å². The van der Waals surface area contributed by atoms with Crippen LogP contribution in [0.5, 0.6) is 0 Å². The number of nitrogens with zero attached hydrogens (tertiary/aromatic N) is 2. The minimum Gasteiger partial charge on any atom is -0.326 e. The van der Waals surface area contributed by atoms with Gasteiger partial charge in [0.25, 0.3) is 0 Å². The highest BCUT2D eigenvalue weighted by Gasteiger charge is 2.11. The summed E-state index contributed by atoms with van der Waals surface area (Å²) in [6.45, 7) is 4.04. The number of sulfone groups is 1. The molecule has 1 aromatic heterocycles. The summed E-state index contributed by atoms with van der Waals surface area (Å²) in [5, 5.41) is 6.85. The molecule has 0 unspecified atom stereocenters. The zero-order valence-electron chi connectivity index (χ0n) is 12.6. The fraction of sp³-hybridized carbons (Fsp3) is 0.333. The van der Waals surface area contributed by atoms with Crippen LogP contribution in [0, 0.1) is 6.92 Å². The van der Waals surface area contributed by atoms with Gasteiger partial charge in [0.05, 0.1) is 16.8 Å². The van der Waals surface area contributed by atoms with Gasteiger partial charge >= 0.3 is 0 Å². The van der Waals surface area contributed by atoms with E-state index in [1.54, 1.807) is 29.9 Å². The lowest BCUT2D eigenvalue weighted by molar-refractivity contribution is -0.116. The van der Waals surface area contributed by atoms with E-state index in [0.29, 0.717) is 18.7 Å². The summed E-state index contributed by atoms with van der Waals surface area (Å²) in [5.41, 5.74) is 1.63. The van der Waals surface area contributed by atoms with Gasteiger partial charge < -0.3 is 5.32 Å². The Labute approximate surface area is 130 Å². The smallest absolute Gasteiger partial charge is 0.226 e. The lowest BCUT2D eigenvalue weighted by Gasteiger charge is -2.07. The summed E-state index contributed by atoms with van der Waals surface area (Å²) in [7, 11) is -3.21. The van der Waals surface area contributed by atoms with E-state index < -0.39 is 9.84 Å². The number of aromatic nitrogens is 2. The Kier molecular flexibility index (Phi) is 4.97. The average molecular weight is 321 g/mol. The fourth-order valence-corrected chi connectivity index (χ4v) is 2.83. The number of benzene rings is 1. The van der Waals surface area contributed by atoms with E-state index >= 15 is 0 Å². The molecule has 0 radical (unpaired) electrons.